The Balaban J connectivity index is 1.55. The van der Waals surface area contributed by atoms with Crippen LogP contribution in [0, 0.1) is 4.77 Å². The van der Waals surface area contributed by atoms with E-state index in [0.29, 0.717) is 12.7 Å². The van der Waals surface area contributed by atoms with Crippen molar-refractivity contribution in [2.45, 2.75) is 32.1 Å². The Hall–Kier alpha value is -2.51. The molecule has 0 N–H and O–H groups in total. The fraction of sp³-hybridized carbons (Fsp3) is 0.350. The molecule has 0 bridgehead atoms. The minimum atomic E-state index is 0.473. The van der Waals surface area contributed by atoms with E-state index < -0.39 is 0 Å². The highest BCUT2D eigenvalue weighted by atomic mass is 32.1. The van der Waals surface area contributed by atoms with E-state index in [1.165, 1.54) is 18.4 Å². The molecule has 0 radical (unpaired) electrons. The van der Waals surface area contributed by atoms with Gasteiger partial charge in [-0.05, 0) is 61.9 Å². The van der Waals surface area contributed by atoms with Gasteiger partial charge in [0.15, 0.2) is 10.6 Å². The fourth-order valence-corrected chi connectivity index (χ4v) is 3.53. The highest BCUT2D eigenvalue weighted by Crippen LogP contribution is 2.38. The second kappa shape index (κ2) is 7.62. The first-order valence-electron chi connectivity index (χ1n) is 9.07. The molecule has 7 heteroatoms. The van der Waals surface area contributed by atoms with Gasteiger partial charge in [-0.3, -0.25) is 14.5 Å². The van der Waals surface area contributed by atoms with Crippen molar-refractivity contribution in [2.75, 3.05) is 14.2 Å². The lowest BCUT2D eigenvalue weighted by Crippen LogP contribution is -2.22. The highest BCUT2D eigenvalue weighted by Gasteiger charge is 2.29. The molecular formula is C20H23N5OS. The van der Waals surface area contributed by atoms with Gasteiger partial charge in [-0.15, -0.1) is 0 Å². The summed E-state index contributed by atoms with van der Waals surface area (Å²) in [5.74, 6) is 1.80. The van der Waals surface area contributed by atoms with Crippen molar-refractivity contribution in [3.8, 4) is 17.1 Å². The molecule has 0 spiro atoms. The van der Waals surface area contributed by atoms with Gasteiger partial charge in [-0.1, -0.05) is 12.1 Å². The van der Waals surface area contributed by atoms with Crippen molar-refractivity contribution in [3.63, 3.8) is 0 Å². The standard InChI is InChI=1S/C20H23N5OS/c1-23(13-15-3-7-18(26-2)8-4-15)14-24-20(27)25(17-5-6-17)19(22-24)16-9-11-21-12-10-16/h3-4,7-12,17H,5-6,13-14H2,1-2H3. The van der Waals surface area contributed by atoms with E-state index in [-0.39, 0.29) is 0 Å². The normalized spacial score (nSPS) is 13.9. The molecule has 0 saturated heterocycles. The molecule has 0 aliphatic heterocycles. The quantitative estimate of drug-likeness (QED) is 0.581. The SMILES string of the molecule is COc1ccc(CN(C)Cn2nc(-c3ccncc3)n(C3CC3)c2=S)cc1. The van der Waals surface area contributed by atoms with E-state index in [4.69, 9.17) is 22.1 Å². The van der Waals surface area contributed by atoms with Crippen molar-refractivity contribution in [1.82, 2.24) is 24.2 Å². The van der Waals surface area contributed by atoms with E-state index >= 15 is 0 Å². The first kappa shape index (κ1) is 17.9. The number of benzene rings is 1. The lowest BCUT2D eigenvalue weighted by molar-refractivity contribution is 0.243. The Bertz CT molecular complexity index is 960. The maximum Gasteiger partial charge on any atom is 0.199 e. The van der Waals surface area contributed by atoms with Crippen LogP contribution in [0.2, 0.25) is 0 Å². The summed E-state index contributed by atoms with van der Waals surface area (Å²) in [6, 6.07) is 12.6. The Morgan fingerprint density at radius 2 is 1.85 bits per heavy atom. The predicted molar refractivity (Wildman–Crippen MR) is 107 cm³/mol. The molecule has 0 amide bonds. The fourth-order valence-electron chi connectivity index (χ4n) is 3.19. The minimum absolute atomic E-state index is 0.473. The largest absolute Gasteiger partial charge is 0.497 e. The lowest BCUT2D eigenvalue weighted by atomic mass is 10.2. The zero-order valence-corrected chi connectivity index (χ0v) is 16.4. The van der Waals surface area contributed by atoms with Crippen molar-refractivity contribution >= 4 is 12.2 Å². The van der Waals surface area contributed by atoms with Gasteiger partial charge in [0.25, 0.3) is 0 Å². The smallest absolute Gasteiger partial charge is 0.199 e. The summed E-state index contributed by atoms with van der Waals surface area (Å²) in [5.41, 5.74) is 2.28. The molecule has 6 nitrogen and oxygen atoms in total. The van der Waals surface area contributed by atoms with Gasteiger partial charge in [-0.25, -0.2) is 4.68 Å². The van der Waals surface area contributed by atoms with E-state index in [1.54, 1.807) is 19.5 Å². The summed E-state index contributed by atoms with van der Waals surface area (Å²) in [4.78, 5) is 6.32. The van der Waals surface area contributed by atoms with Crippen LogP contribution in [0.1, 0.15) is 24.4 Å². The van der Waals surface area contributed by atoms with Crippen molar-refractivity contribution in [3.05, 3.63) is 59.1 Å². The minimum Gasteiger partial charge on any atom is -0.497 e. The third-order valence-electron chi connectivity index (χ3n) is 4.71. The Kier molecular flexibility index (Phi) is 5.05. The van der Waals surface area contributed by atoms with Gasteiger partial charge in [0, 0.05) is 30.5 Å². The molecular weight excluding hydrogens is 358 g/mol. The molecule has 27 heavy (non-hydrogen) atoms. The third-order valence-corrected chi connectivity index (χ3v) is 5.12. The number of nitrogens with zero attached hydrogens (tertiary/aromatic N) is 5. The monoisotopic (exact) mass is 381 g/mol. The van der Waals surface area contributed by atoms with Crippen LogP contribution in [0.25, 0.3) is 11.4 Å². The van der Waals surface area contributed by atoms with E-state index in [9.17, 15) is 0 Å². The maximum atomic E-state index is 5.75. The molecule has 1 aliphatic rings. The molecule has 1 aliphatic carbocycles. The topological polar surface area (TPSA) is 48.1 Å². The average Bonchev–Trinajstić information content (AvgIpc) is 3.48. The van der Waals surface area contributed by atoms with Crippen LogP contribution in [0.3, 0.4) is 0 Å². The van der Waals surface area contributed by atoms with Crippen LogP contribution in [0.5, 0.6) is 5.75 Å². The molecule has 2 heterocycles. The van der Waals surface area contributed by atoms with Crippen LogP contribution < -0.4 is 4.74 Å². The second-order valence-electron chi connectivity index (χ2n) is 6.95. The van der Waals surface area contributed by atoms with Gasteiger partial charge >= 0.3 is 0 Å². The Morgan fingerprint density at radius 3 is 2.48 bits per heavy atom. The molecule has 1 fully saturated rings. The number of hydrogen-bond acceptors (Lipinski definition) is 5. The van der Waals surface area contributed by atoms with Crippen LogP contribution in [-0.2, 0) is 13.2 Å². The second-order valence-corrected chi connectivity index (χ2v) is 7.31. The zero-order chi connectivity index (χ0) is 18.8. The van der Waals surface area contributed by atoms with Crippen LogP contribution >= 0.6 is 12.2 Å². The molecule has 3 aromatic rings. The van der Waals surface area contributed by atoms with Crippen LogP contribution in [0.4, 0.5) is 0 Å². The van der Waals surface area contributed by atoms with Crippen LogP contribution in [0.15, 0.2) is 48.8 Å². The number of pyridine rings is 1. The van der Waals surface area contributed by atoms with Crippen molar-refractivity contribution in [2.24, 2.45) is 0 Å². The average molecular weight is 382 g/mol. The third kappa shape index (κ3) is 3.94. The summed E-state index contributed by atoms with van der Waals surface area (Å²) in [6.45, 7) is 1.45. The predicted octanol–water partition coefficient (Wildman–Crippen LogP) is 3.91. The van der Waals surface area contributed by atoms with Gasteiger partial charge in [-0.2, -0.15) is 5.10 Å². The van der Waals surface area contributed by atoms with Gasteiger partial charge in [0.05, 0.1) is 13.8 Å². The van der Waals surface area contributed by atoms with Crippen LogP contribution in [-0.4, -0.2) is 38.4 Å². The van der Waals surface area contributed by atoms with Gasteiger partial charge < -0.3 is 4.74 Å². The van der Waals surface area contributed by atoms with E-state index in [1.807, 2.05) is 28.9 Å². The van der Waals surface area contributed by atoms with E-state index in [2.05, 4.69) is 33.6 Å². The Labute approximate surface area is 164 Å². The molecule has 140 valence electrons. The number of aromatic nitrogens is 4. The summed E-state index contributed by atoms with van der Waals surface area (Å²) >= 11 is 5.75. The van der Waals surface area contributed by atoms with E-state index in [0.717, 1.165) is 28.5 Å². The first-order valence-corrected chi connectivity index (χ1v) is 9.48. The molecule has 1 aromatic carbocycles. The van der Waals surface area contributed by atoms with Crippen molar-refractivity contribution in [1.29, 1.82) is 0 Å². The molecule has 1 saturated carbocycles. The summed E-state index contributed by atoms with van der Waals surface area (Å²) in [7, 11) is 3.76. The first-order chi connectivity index (χ1) is 13.2. The summed E-state index contributed by atoms with van der Waals surface area (Å²) in [5, 5.41) is 4.84. The molecule has 4 rings (SSSR count). The maximum absolute atomic E-state index is 5.75. The Morgan fingerprint density at radius 1 is 1.15 bits per heavy atom. The number of rotatable bonds is 7. The van der Waals surface area contributed by atoms with Crippen molar-refractivity contribution < 1.29 is 4.74 Å². The lowest BCUT2D eigenvalue weighted by Gasteiger charge is -2.16. The number of methoxy groups -OCH3 is 1. The number of ether oxygens (including phenoxy) is 1. The number of hydrogen-bond donors (Lipinski definition) is 0. The zero-order valence-electron chi connectivity index (χ0n) is 15.6. The van der Waals surface area contributed by atoms with Gasteiger partial charge in [0.1, 0.15) is 5.75 Å². The molecule has 2 aromatic heterocycles. The summed E-state index contributed by atoms with van der Waals surface area (Å²) in [6.07, 6.45) is 5.93. The molecule has 0 unspecified atom stereocenters. The highest BCUT2D eigenvalue weighted by molar-refractivity contribution is 7.71. The van der Waals surface area contributed by atoms with Gasteiger partial charge in [0.2, 0.25) is 0 Å². The molecule has 0 atom stereocenters. The summed E-state index contributed by atoms with van der Waals surface area (Å²) < 4.78 is 10.1.